The number of thiocarbonyl (C=S) groups is 1. The second-order valence-corrected chi connectivity index (χ2v) is 8.92. The van der Waals surface area contributed by atoms with Crippen molar-refractivity contribution < 1.29 is 0 Å². The van der Waals surface area contributed by atoms with Gasteiger partial charge in [-0.05, 0) is 54.0 Å². The molecular formula is C27H28N4S. The van der Waals surface area contributed by atoms with E-state index in [0.29, 0.717) is 12.6 Å². The van der Waals surface area contributed by atoms with E-state index < -0.39 is 0 Å². The van der Waals surface area contributed by atoms with Gasteiger partial charge in [0.05, 0.1) is 11.4 Å². The van der Waals surface area contributed by atoms with Crippen LogP contribution in [0.3, 0.4) is 0 Å². The Bertz CT molecular complexity index is 1210. The quantitative estimate of drug-likeness (QED) is 0.374. The average molecular weight is 441 g/mol. The molecule has 1 aliphatic rings. The highest BCUT2D eigenvalue weighted by molar-refractivity contribution is 7.80. The van der Waals surface area contributed by atoms with E-state index in [4.69, 9.17) is 17.3 Å². The summed E-state index contributed by atoms with van der Waals surface area (Å²) in [5.41, 5.74) is 4.26. The Kier molecular flexibility index (Phi) is 6.17. The minimum atomic E-state index is 0.496. The van der Waals surface area contributed by atoms with Crippen molar-refractivity contribution in [3.8, 4) is 16.9 Å². The molecule has 0 unspecified atom stereocenters. The maximum absolute atomic E-state index is 5.61. The molecule has 1 aromatic heterocycles. The molecule has 3 aromatic carbocycles. The van der Waals surface area contributed by atoms with Gasteiger partial charge in [-0.3, -0.25) is 0 Å². The number of hydrogen-bond donors (Lipinski definition) is 2. The van der Waals surface area contributed by atoms with Crippen LogP contribution in [0.5, 0.6) is 0 Å². The predicted octanol–water partition coefficient (Wildman–Crippen LogP) is 5.99. The van der Waals surface area contributed by atoms with Crippen LogP contribution in [-0.4, -0.2) is 20.9 Å². The summed E-state index contributed by atoms with van der Waals surface area (Å²) in [5, 5.41) is 15.1. The molecule has 1 heterocycles. The first-order chi connectivity index (χ1) is 15.8. The maximum Gasteiger partial charge on any atom is 0.166 e. The smallest absolute Gasteiger partial charge is 0.166 e. The summed E-state index contributed by atoms with van der Waals surface area (Å²) in [6.07, 6.45) is 8.43. The molecule has 5 heteroatoms. The molecule has 5 rings (SSSR count). The van der Waals surface area contributed by atoms with Gasteiger partial charge in [-0.2, -0.15) is 5.10 Å². The van der Waals surface area contributed by atoms with Crippen molar-refractivity contribution in [2.75, 3.05) is 0 Å². The van der Waals surface area contributed by atoms with E-state index in [-0.39, 0.29) is 0 Å². The van der Waals surface area contributed by atoms with E-state index in [9.17, 15) is 0 Å². The lowest BCUT2D eigenvalue weighted by atomic mass is 9.96. The topological polar surface area (TPSA) is 41.9 Å². The molecule has 0 bridgehead atoms. The molecular weight excluding hydrogens is 412 g/mol. The monoisotopic (exact) mass is 440 g/mol. The van der Waals surface area contributed by atoms with Crippen molar-refractivity contribution in [1.82, 2.24) is 20.4 Å². The molecule has 0 spiro atoms. The predicted molar refractivity (Wildman–Crippen MR) is 136 cm³/mol. The van der Waals surface area contributed by atoms with Gasteiger partial charge in [0.25, 0.3) is 0 Å². The molecule has 0 saturated heterocycles. The first-order valence-corrected chi connectivity index (χ1v) is 11.8. The minimum Gasteiger partial charge on any atom is -0.360 e. The minimum absolute atomic E-state index is 0.496. The third kappa shape index (κ3) is 4.68. The van der Waals surface area contributed by atoms with E-state index in [0.717, 1.165) is 27.6 Å². The second-order valence-electron chi connectivity index (χ2n) is 8.51. The van der Waals surface area contributed by atoms with Crippen molar-refractivity contribution in [2.24, 2.45) is 0 Å². The normalized spacial score (nSPS) is 14.4. The number of hydrogen-bond acceptors (Lipinski definition) is 2. The van der Waals surface area contributed by atoms with Gasteiger partial charge in [0.1, 0.15) is 0 Å². The van der Waals surface area contributed by atoms with Crippen molar-refractivity contribution in [2.45, 2.75) is 44.7 Å². The first-order valence-electron chi connectivity index (χ1n) is 11.4. The van der Waals surface area contributed by atoms with Crippen LogP contribution in [0, 0.1) is 0 Å². The van der Waals surface area contributed by atoms with E-state index in [2.05, 4.69) is 71.4 Å². The van der Waals surface area contributed by atoms with Gasteiger partial charge >= 0.3 is 0 Å². The summed E-state index contributed by atoms with van der Waals surface area (Å²) in [5.74, 6) is 0. The van der Waals surface area contributed by atoms with Gasteiger partial charge in [0, 0.05) is 29.9 Å². The van der Waals surface area contributed by atoms with Gasteiger partial charge in [0.2, 0.25) is 0 Å². The molecule has 0 atom stereocenters. The lowest BCUT2D eigenvalue weighted by molar-refractivity contribution is 0.412. The Labute approximate surface area is 194 Å². The number of benzene rings is 3. The summed E-state index contributed by atoms with van der Waals surface area (Å²) < 4.78 is 1.96. The van der Waals surface area contributed by atoms with E-state index in [1.165, 1.54) is 42.9 Å². The molecule has 2 N–H and O–H groups in total. The Hall–Kier alpha value is -3.18. The zero-order valence-electron chi connectivity index (χ0n) is 18.1. The summed E-state index contributed by atoms with van der Waals surface area (Å²) in [6, 6.07) is 25.7. The summed E-state index contributed by atoms with van der Waals surface area (Å²) >= 11 is 5.61. The fraction of sp³-hybridized carbons (Fsp3) is 0.259. The Balaban J connectivity index is 1.42. The van der Waals surface area contributed by atoms with Crippen LogP contribution in [0.15, 0.2) is 79.0 Å². The lowest BCUT2D eigenvalue weighted by Crippen LogP contribution is -2.42. The van der Waals surface area contributed by atoms with Gasteiger partial charge in [0.15, 0.2) is 5.11 Å². The lowest BCUT2D eigenvalue weighted by Gasteiger charge is -2.24. The van der Waals surface area contributed by atoms with Gasteiger partial charge < -0.3 is 10.6 Å². The third-order valence-corrected chi connectivity index (χ3v) is 6.48. The zero-order chi connectivity index (χ0) is 21.8. The number of aromatic nitrogens is 2. The Morgan fingerprint density at radius 1 is 0.906 bits per heavy atom. The largest absolute Gasteiger partial charge is 0.360 e. The van der Waals surface area contributed by atoms with Crippen LogP contribution in [0.1, 0.15) is 37.7 Å². The van der Waals surface area contributed by atoms with Crippen LogP contribution in [-0.2, 0) is 6.54 Å². The zero-order valence-corrected chi connectivity index (χ0v) is 18.9. The van der Waals surface area contributed by atoms with E-state index in [1.807, 2.05) is 22.9 Å². The molecule has 162 valence electrons. The fourth-order valence-electron chi connectivity index (χ4n) is 4.49. The molecule has 4 nitrogen and oxygen atoms in total. The molecule has 1 aliphatic carbocycles. The van der Waals surface area contributed by atoms with Crippen molar-refractivity contribution >= 4 is 28.1 Å². The molecule has 1 saturated carbocycles. The van der Waals surface area contributed by atoms with E-state index in [1.54, 1.807) is 0 Å². The molecule has 0 radical (unpaired) electrons. The second kappa shape index (κ2) is 9.53. The standard InChI is InChI=1S/C27H28N4S/c32-27(29-24-11-3-1-4-12-24)28-18-23-19-31(25-13-5-2-6-14-25)30-26(23)22-16-15-20-9-7-8-10-21(20)17-22/h2,5-10,13-17,19,24H,1,3-4,11-12,18H2,(H2,28,29,32). The highest BCUT2D eigenvalue weighted by Gasteiger charge is 2.16. The molecule has 1 fully saturated rings. The Morgan fingerprint density at radius 2 is 1.66 bits per heavy atom. The van der Waals surface area contributed by atoms with Crippen LogP contribution >= 0.6 is 12.2 Å². The molecule has 0 aliphatic heterocycles. The van der Waals surface area contributed by atoms with E-state index >= 15 is 0 Å². The highest BCUT2D eigenvalue weighted by Crippen LogP contribution is 2.27. The van der Waals surface area contributed by atoms with Crippen molar-refractivity contribution in [3.05, 3.63) is 84.6 Å². The summed E-state index contributed by atoms with van der Waals surface area (Å²) in [7, 11) is 0. The number of fused-ring (bicyclic) bond motifs is 1. The molecule has 32 heavy (non-hydrogen) atoms. The third-order valence-electron chi connectivity index (χ3n) is 6.21. The Morgan fingerprint density at radius 3 is 2.47 bits per heavy atom. The van der Waals surface area contributed by atoms with Gasteiger partial charge in [-0.1, -0.05) is 73.9 Å². The van der Waals surface area contributed by atoms with Gasteiger partial charge in [-0.25, -0.2) is 4.68 Å². The van der Waals surface area contributed by atoms with Crippen LogP contribution < -0.4 is 10.6 Å². The van der Waals surface area contributed by atoms with Crippen LogP contribution in [0.4, 0.5) is 0 Å². The molecule has 0 amide bonds. The highest BCUT2D eigenvalue weighted by atomic mass is 32.1. The summed E-state index contributed by atoms with van der Waals surface area (Å²) in [6.45, 7) is 0.632. The van der Waals surface area contributed by atoms with Gasteiger partial charge in [-0.15, -0.1) is 0 Å². The van der Waals surface area contributed by atoms with Crippen molar-refractivity contribution in [1.29, 1.82) is 0 Å². The fourth-order valence-corrected chi connectivity index (χ4v) is 4.73. The van der Waals surface area contributed by atoms with Crippen molar-refractivity contribution in [3.63, 3.8) is 0 Å². The number of para-hydroxylation sites is 1. The maximum atomic E-state index is 5.61. The number of rotatable bonds is 5. The first kappa shape index (κ1) is 20.7. The number of nitrogens with one attached hydrogen (secondary N) is 2. The van der Waals surface area contributed by atoms with Crippen LogP contribution in [0.25, 0.3) is 27.7 Å². The summed E-state index contributed by atoms with van der Waals surface area (Å²) in [4.78, 5) is 0. The van der Waals surface area contributed by atoms with Crippen LogP contribution in [0.2, 0.25) is 0 Å². The SMILES string of the molecule is S=C(NCc1cn(-c2ccccc2)nc1-c1ccc2ccccc2c1)NC1CCCCC1. The molecule has 4 aromatic rings. The average Bonchev–Trinajstić information content (AvgIpc) is 3.28. The number of nitrogens with zero attached hydrogens (tertiary/aromatic N) is 2.